The van der Waals surface area contributed by atoms with Crippen molar-refractivity contribution in [1.82, 2.24) is 4.90 Å². The summed E-state index contributed by atoms with van der Waals surface area (Å²) < 4.78 is 0. The number of likely N-dealkylation sites (tertiary alicyclic amines) is 1. The van der Waals surface area contributed by atoms with Gasteiger partial charge in [-0.05, 0) is 67.4 Å². The average molecular weight is 498 g/mol. The van der Waals surface area contributed by atoms with Gasteiger partial charge < -0.3 is 20.4 Å². The van der Waals surface area contributed by atoms with Crippen LogP contribution in [0.15, 0.2) is 41.0 Å². The first-order valence-electron chi connectivity index (χ1n) is 13.4. The van der Waals surface area contributed by atoms with Gasteiger partial charge in [0.2, 0.25) is 11.8 Å². The number of aliphatic hydroxyl groups excluding tert-OH is 3. The van der Waals surface area contributed by atoms with Gasteiger partial charge in [-0.15, -0.1) is 0 Å². The Balaban J connectivity index is 1.53. The average Bonchev–Trinajstić information content (AvgIpc) is 3.15. The number of aromatic hydroxyl groups is 1. The van der Waals surface area contributed by atoms with Crippen LogP contribution in [0.2, 0.25) is 0 Å². The molecule has 2 fully saturated rings. The van der Waals surface area contributed by atoms with Gasteiger partial charge in [0.25, 0.3) is 0 Å². The zero-order chi connectivity index (χ0) is 25.8. The summed E-state index contributed by atoms with van der Waals surface area (Å²) in [5.74, 6) is -2.12. The highest BCUT2D eigenvalue weighted by atomic mass is 16.3. The van der Waals surface area contributed by atoms with Crippen molar-refractivity contribution in [3.05, 3.63) is 46.5 Å². The van der Waals surface area contributed by atoms with Crippen LogP contribution in [0.5, 0.6) is 5.75 Å². The van der Waals surface area contributed by atoms with Crippen molar-refractivity contribution in [3.8, 4) is 5.75 Å². The number of carbonyl (C=O) groups is 2. The smallest absolute Gasteiger partial charge is 0.234 e. The van der Waals surface area contributed by atoms with E-state index in [0.717, 1.165) is 49.7 Å². The molecule has 1 aliphatic heterocycles. The molecule has 7 nitrogen and oxygen atoms in total. The minimum absolute atomic E-state index is 0.0770. The van der Waals surface area contributed by atoms with Crippen LogP contribution in [-0.4, -0.2) is 62.5 Å². The maximum atomic E-state index is 13.5. The molecule has 0 aromatic heterocycles. The van der Waals surface area contributed by atoms with Crippen molar-refractivity contribution in [2.24, 2.45) is 17.8 Å². The van der Waals surface area contributed by atoms with Crippen LogP contribution in [0.3, 0.4) is 0 Å². The third-order valence-electron chi connectivity index (χ3n) is 8.36. The van der Waals surface area contributed by atoms with Crippen LogP contribution in [0.4, 0.5) is 0 Å². The summed E-state index contributed by atoms with van der Waals surface area (Å²) in [4.78, 5) is 28.3. The van der Waals surface area contributed by atoms with Crippen LogP contribution in [0, 0.1) is 17.8 Å². The number of phenols is 1. The molecule has 1 aromatic rings. The minimum atomic E-state index is -0.924. The molecule has 1 saturated heterocycles. The zero-order valence-corrected chi connectivity index (χ0v) is 21.1. The van der Waals surface area contributed by atoms with E-state index >= 15 is 0 Å². The molecule has 196 valence electrons. The highest BCUT2D eigenvalue weighted by Crippen LogP contribution is 2.47. The Hall–Kier alpha value is -2.48. The molecule has 4 rings (SSSR count). The molecule has 1 aromatic carbocycles. The number of benzene rings is 1. The molecule has 2 amide bonds. The number of carbonyl (C=O) groups excluding carboxylic acids is 2. The van der Waals surface area contributed by atoms with Gasteiger partial charge in [-0.3, -0.25) is 14.5 Å². The Morgan fingerprint density at radius 2 is 1.78 bits per heavy atom. The summed E-state index contributed by atoms with van der Waals surface area (Å²) >= 11 is 0. The fraction of sp³-hybridized carbons (Fsp3) is 0.586. The molecule has 1 saturated carbocycles. The lowest BCUT2D eigenvalue weighted by molar-refractivity contribution is -0.143. The van der Waals surface area contributed by atoms with Crippen molar-refractivity contribution in [1.29, 1.82) is 0 Å². The number of hydrogen-bond acceptors (Lipinski definition) is 6. The predicted octanol–water partition coefficient (Wildman–Crippen LogP) is 3.56. The monoisotopic (exact) mass is 497 g/mol. The molecule has 2 aliphatic carbocycles. The highest BCUT2D eigenvalue weighted by Gasteiger charge is 2.56. The van der Waals surface area contributed by atoms with Crippen LogP contribution in [0.1, 0.15) is 70.3 Å². The van der Waals surface area contributed by atoms with Crippen molar-refractivity contribution >= 4 is 17.9 Å². The first-order valence-corrected chi connectivity index (χ1v) is 13.4. The Morgan fingerprint density at radius 1 is 1.08 bits per heavy atom. The summed E-state index contributed by atoms with van der Waals surface area (Å²) in [5.41, 5.74) is 3.19. The number of allylic oxidation sites excluding steroid dienone is 1. The van der Waals surface area contributed by atoms with E-state index < -0.39 is 23.9 Å². The standard InChI is InChI=1S/C29H39NO6/c1-2-18(14-19-8-11-22(33)12-9-19)10-13-25(34)26-20(16-31)15-23-27(24(26)17-32)29(36)30(28(23)35)21-6-4-3-5-7-21/h8-9,11-12,14,21,23-25,27,31-34H,2-7,10,13,15-17H2,1H3/b18-14+/t23-,24+,25-,27-/m1/s1. The number of fused-ring (bicyclic) bond motifs is 1. The second-order valence-electron chi connectivity index (χ2n) is 10.5. The molecule has 0 radical (unpaired) electrons. The van der Waals surface area contributed by atoms with Gasteiger partial charge in [-0.25, -0.2) is 0 Å². The number of rotatable bonds is 9. The maximum absolute atomic E-state index is 13.5. The number of hydrogen-bond donors (Lipinski definition) is 4. The number of aliphatic hydroxyl groups is 3. The first kappa shape index (κ1) is 26.6. The van der Waals surface area contributed by atoms with Gasteiger partial charge in [0, 0.05) is 12.0 Å². The molecule has 3 aliphatic rings. The van der Waals surface area contributed by atoms with Gasteiger partial charge in [-0.2, -0.15) is 0 Å². The summed E-state index contributed by atoms with van der Waals surface area (Å²) in [5, 5.41) is 41.3. The van der Waals surface area contributed by atoms with Gasteiger partial charge in [0.15, 0.2) is 0 Å². The SMILES string of the molecule is CC/C(=C\c1ccc(O)cc1)CC[C@@H](O)C1=C(CO)C[C@H]2C(=O)N(C3CCCCC3)C(=O)[C@H]2[C@H]1CO. The van der Waals surface area contributed by atoms with Gasteiger partial charge >= 0.3 is 0 Å². The fourth-order valence-corrected chi connectivity index (χ4v) is 6.46. The van der Waals surface area contributed by atoms with E-state index in [2.05, 4.69) is 0 Å². The molecular formula is C29H39NO6. The second-order valence-corrected chi connectivity index (χ2v) is 10.5. The van der Waals surface area contributed by atoms with E-state index in [4.69, 9.17) is 0 Å². The normalized spacial score (nSPS) is 26.5. The van der Waals surface area contributed by atoms with Crippen LogP contribution in [0.25, 0.3) is 6.08 Å². The number of nitrogens with zero attached hydrogens (tertiary/aromatic N) is 1. The molecule has 0 unspecified atom stereocenters. The van der Waals surface area contributed by atoms with E-state index in [1.807, 2.05) is 25.1 Å². The van der Waals surface area contributed by atoms with Crippen LogP contribution in [-0.2, 0) is 9.59 Å². The number of phenolic OH excluding ortho intramolecular Hbond substituents is 1. The van der Waals surface area contributed by atoms with E-state index in [0.29, 0.717) is 24.0 Å². The van der Waals surface area contributed by atoms with Crippen molar-refractivity contribution in [3.63, 3.8) is 0 Å². The van der Waals surface area contributed by atoms with Crippen molar-refractivity contribution in [2.45, 2.75) is 76.9 Å². The largest absolute Gasteiger partial charge is 0.508 e. The lowest BCUT2D eigenvalue weighted by Gasteiger charge is -2.36. The topological polar surface area (TPSA) is 118 Å². The number of amides is 2. The predicted molar refractivity (Wildman–Crippen MR) is 137 cm³/mol. The van der Waals surface area contributed by atoms with Crippen molar-refractivity contribution < 1.29 is 30.0 Å². The molecule has 7 heteroatoms. The molecular weight excluding hydrogens is 458 g/mol. The van der Waals surface area contributed by atoms with Crippen LogP contribution < -0.4 is 0 Å². The lowest BCUT2D eigenvalue weighted by atomic mass is 9.68. The Bertz CT molecular complexity index is 1010. The fourth-order valence-electron chi connectivity index (χ4n) is 6.46. The molecule has 1 heterocycles. The summed E-state index contributed by atoms with van der Waals surface area (Å²) in [6, 6.07) is 6.85. The summed E-state index contributed by atoms with van der Waals surface area (Å²) in [6.45, 7) is 1.39. The third kappa shape index (κ3) is 5.29. The maximum Gasteiger partial charge on any atom is 0.234 e. The summed E-state index contributed by atoms with van der Waals surface area (Å²) in [7, 11) is 0. The Morgan fingerprint density at radius 3 is 2.39 bits per heavy atom. The van der Waals surface area contributed by atoms with E-state index in [9.17, 15) is 30.0 Å². The van der Waals surface area contributed by atoms with E-state index in [-0.39, 0.29) is 43.2 Å². The highest BCUT2D eigenvalue weighted by molar-refractivity contribution is 6.06. The van der Waals surface area contributed by atoms with Gasteiger partial charge in [0.05, 0.1) is 31.2 Å². The summed E-state index contributed by atoms with van der Waals surface area (Å²) in [6.07, 6.45) is 7.91. The van der Waals surface area contributed by atoms with Gasteiger partial charge in [-0.1, -0.05) is 50.0 Å². The molecule has 4 atom stereocenters. The number of imide groups is 1. The second kappa shape index (κ2) is 11.7. The minimum Gasteiger partial charge on any atom is -0.508 e. The van der Waals surface area contributed by atoms with E-state index in [1.165, 1.54) is 4.90 Å². The molecule has 36 heavy (non-hydrogen) atoms. The molecule has 0 spiro atoms. The Kier molecular flexibility index (Phi) is 8.65. The first-order chi connectivity index (χ1) is 17.4. The third-order valence-corrected chi connectivity index (χ3v) is 8.36. The van der Waals surface area contributed by atoms with Crippen molar-refractivity contribution in [2.75, 3.05) is 13.2 Å². The lowest BCUT2D eigenvalue weighted by Crippen LogP contribution is -2.42. The quantitative estimate of drug-likeness (QED) is 0.306. The van der Waals surface area contributed by atoms with Crippen LogP contribution >= 0.6 is 0 Å². The van der Waals surface area contributed by atoms with E-state index in [1.54, 1.807) is 12.1 Å². The zero-order valence-electron chi connectivity index (χ0n) is 21.1. The Labute approximate surface area is 213 Å². The van der Waals surface area contributed by atoms with Gasteiger partial charge in [0.1, 0.15) is 5.75 Å². The molecule has 0 bridgehead atoms. The molecule has 4 N–H and O–H groups in total.